The molecule has 212 valence electrons. The van der Waals surface area contributed by atoms with E-state index in [2.05, 4.69) is 29.1 Å². The number of carbonyl (C=O) groups is 1. The molecule has 4 atom stereocenters. The summed E-state index contributed by atoms with van der Waals surface area (Å²) in [4.78, 5) is 15.0. The van der Waals surface area contributed by atoms with Crippen molar-refractivity contribution in [2.75, 3.05) is 4.90 Å². The van der Waals surface area contributed by atoms with Crippen LogP contribution in [0.4, 0.5) is 5.69 Å². The van der Waals surface area contributed by atoms with Crippen molar-refractivity contribution < 1.29 is 18.8 Å². The highest BCUT2D eigenvalue weighted by Gasteiger charge is 2.51. The number of fused-ring (bicyclic) bond motifs is 2. The topological polar surface area (TPSA) is 64.8 Å². The van der Waals surface area contributed by atoms with Crippen LogP contribution in [-0.4, -0.2) is 34.9 Å². The molecule has 0 spiro atoms. The Balaban J connectivity index is 1.17. The molecule has 6 nitrogen and oxygen atoms in total. The van der Waals surface area contributed by atoms with Crippen molar-refractivity contribution in [1.29, 1.82) is 0 Å². The molecule has 3 aliphatic rings. The van der Waals surface area contributed by atoms with E-state index in [4.69, 9.17) is 37.2 Å². The lowest BCUT2D eigenvalue weighted by Gasteiger charge is -2.40. The van der Waals surface area contributed by atoms with Crippen LogP contribution >= 0.6 is 23.2 Å². The highest BCUT2D eigenvalue weighted by atomic mass is 35.5. The molecule has 0 amide bonds. The Morgan fingerprint density at radius 3 is 2.40 bits per heavy atom. The number of anilines is 1. The van der Waals surface area contributed by atoms with Crippen LogP contribution in [0.2, 0.25) is 10.0 Å². The third-order valence-electron chi connectivity index (χ3n) is 8.40. The Kier molecular flexibility index (Phi) is 7.39. The van der Waals surface area contributed by atoms with Crippen molar-refractivity contribution in [1.82, 2.24) is 5.16 Å². The molecule has 3 fully saturated rings. The van der Waals surface area contributed by atoms with E-state index in [0.717, 1.165) is 49.1 Å². The molecular weight excluding hydrogens is 547 g/mol. The predicted octanol–water partition coefficient (Wildman–Crippen LogP) is 8.44. The van der Waals surface area contributed by atoms with E-state index in [9.17, 15) is 4.79 Å². The Morgan fingerprint density at radius 2 is 1.77 bits per heavy atom. The van der Waals surface area contributed by atoms with E-state index in [1.165, 1.54) is 0 Å². The van der Waals surface area contributed by atoms with Crippen molar-refractivity contribution in [3.8, 4) is 11.3 Å². The van der Waals surface area contributed by atoms with Crippen LogP contribution in [0.3, 0.4) is 0 Å². The molecule has 1 saturated heterocycles. The number of esters is 1. The fraction of sp³-hybridized carbons (Fsp3) is 0.500. The third-order valence-corrected chi connectivity index (χ3v) is 9.03. The van der Waals surface area contributed by atoms with Gasteiger partial charge in [0.2, 0.25) is 0 Å². The monoisotopic (exact) mass is 582 g/mol. The summed E-state index contributed by atoms with van der Waals surface area (Å²) in [5, 5.41) is 5.54. The van der Waals surface area contributed by atoms with E-state index in [-0.39, 0.29) is 12.1 Å². The van der Waals surface area contributed by atoms with Gasteiger partial charge >= 0.3 is 5.97 Å². The number of aromatic nitrogens is 1. The summed E-state index contributed by atoms with van der Waals surface area (Å²) in [6.45, 7) is 8.32. The van der Waals surface area contributed by atoms with Gasteiger partial charge in [0.15, 0.2) is 0 Å². The first-order chi connectivity index (χ1) is 19.1. The van der Waals surface area contributed by atoms with Gasteiger partial charge in [0.1, 0.15) is 17.1 Å². The molecule has 2 saturated carbocycles. The molecule has 4 unspecified atom stereocenters. The van der Waals surface area contributed by atoms with Gasteiger partial charge in [-0.1, -0.05) is 41.3 Å². The van der Waals surface area contributed by atoms with E-state index in [1.54, 1.807) is 0 Å². The van der Waals surface area contributed by atoms with Crippen molar-refractivity contribution >= 4 is 34.9 Å². The molecule has 0 N–H and O–H groups in total. The first kappa shape index (κ1) is 27.6. The number of hydrogen-bond acceptors (Lipinski definition) is 6. The summed E-state index contributed by atoms with van der Waals surface area (Å²) in [5.74, 6) is 1.44. The molecule has 8 heteroatoms. The minimum Gasteiger partial charge on any atom is -0.456 e. The number of nitrogens with zero attached hydrogens (tertiary/aromatic N) is 2. The summed E-state index contributed by atoms with van der Waals surface area (Å²) in [7, 11) is 0. The Bertz CT molecular complexity index is 1370. The number of piperidine rings is 1. The first-order valence-electron chi connectivity index (χ1n) is 14.3. The molecule has 2 heterocycles. The highest BCUT2D eigenvalue weighted by Crippen LogP contribution is 2.49. The summed E-state index contributed by atoms with van der Waals surface area (Å²) >= 11 is 13.1. The average Bonchev–Trinajstić information content (AvgIpc) is 3.39. The molecular formula is C32H36Cl2N2O4. The summed E-state index contributed by atoms with van der Waals surface area (Å²) in [6.07, 6.45) is 5.44. The quantitative estimate of drug-likeness (QED) is 0.248. The standard InChI is InChI=1S/C32H36Cl2N2O4/c1-5-26-22-15-21(36(26)20-13-11-19(12-14-20)31(37)39-32(2,3)4)16-27(22)38-17-23-29(35-40-30(23)18-9-10-18)28-24(33)7-6-8-25(28)34/h6-8,11-14,18,21-22,26-27H,5,9-10,15-17H2,1-4H3. The highest BCUT2D eigenvalue weighted by molar-refractivity contribution is 6.39. The van der Waals surface area contributed by atoms with Crippen LogP contribution < -0.4 is 4.90 Å². The zero-order valence-corrected chi connectivity index (χ0v) is 25.0. The van der Waals surface area contributed by atoms with Gasteiger partial charge in [-0.05, 0) is 89.3 Å². The summed E-state index contributed by atoms with van der Waals surface area (Å²) in [5.41, 5.74) is 3.59. The molecule has 2 aromatic carbocycles. The Morgan fingerprint density at radius 1 is 1.07 bits per heavy atom. The van der Waals surface area contributed by atoms with Crippen molar-refractivity contribution in [3.63, 3.8) is 0 Å². The van der Waals surface area contributed by atoms with Gasteiger partial charge in [-0.3, -0.25) is 0 Å². The third kappa shape index (κ3) is 5.26. The van der Waals surface area contributed by atoms with Gasteiger partial charge < -0.3 is 18.9 Å². The number of ether oxygens (including phenoxy) is 2. The maximum absolute atomic E-state index is 12.5. The fourth-order valence-corrected chi connectivity index (χ4v) is 7.13. The van der Waals surface area contributed by atoms with Crippen molar-refractivity contribution in [2.45, 2.75) is 96.1 Å². The minimum absolute atomic E-state index is 0.156. The van der Waals surface area contributed by atoms with Crippen LogP contribution in [0.15, 0.2) is 47.0 Å². The van der Waals surface area contributed by atoms with Gasteiger partial charge in [0.25, 0.3) is 0 Å². The fourth-order valence-electron chi connectivity index (χ4n) is 6.55. The molecule has 0 radical (unpaired) electrons. The molecule has 3 aromatic rings. The van der Waals surface area contributed by atoms with Crippen molar-refractivity contribution in [2.24, 2.45) is 5.92 Å². The SMILES string of the molecule is CCC1C2CC(CC2OCc2c(-c3c(Cl)cccc3Cl)noc2C2CC2)N1c1ccc(C(=O)OC(C)(C)C)cc1. The van der Waals surface area contributed by atoms with Gasteiger partial charge in [0, 0.05) is 40.7 Å². The van der Waals surface area contributed by atoms with Crippen LogP contribution in [0.25, 0.3) is 11.3 Å². The molecule has 1 aliphatic heterocycles. The number of benzene rings is 2. The van der Waals surface area contributed by atoms with E-state index in [1.807, 2.05) is 51.1 Å². The Hall–Kier alpha value is -2.54. The van der Waals surface area contributed by atoms with Gasteiger partial charge in [-0.15, -0.1) is 0 Å². The van der Waals surface area contributed by atoms with Crippen molar-refractivity contribution in [3.05, 3.63) is 69.4 Å². The lowest BCUT2D eigenvalue weighted by atomic mass is 9.93. The maximum Gasteiger partial charge on any atom is 0.338 e. The van der Waals surface area contributed by atoms with Crippen LogP contribution in [0.5, 0.6) is 0 Å². The lowest BCUT2D eigenvalue weighted by Crippen LogP contribution is -2.46. The lowest BCUT2D eigenvalue weighted by molar-refractivity contribution is 0.00158. The second-order valence-electron chi connectivity index (χ2n) is 12.3. The van der Waals surface area contributed by atoms with Gasteiger partial charge in [0.05, 0.1) is 28.3 Å². The number of halogens is 2. The zero-order chi connectivity index (χ0) is 28.2. The van der Waals surface area contributed by atoms with Crippen LogP contribution in [0, 0.1) is 5.92 Å². The van der Waals surface area contributed by atoms with Gasteiger partial charge in [-0.25, -0.2) is 4.79 Å². The van der Waals surface area contributed by atoms with E-state index in [0.29, 0.717) is 57.4 Å². The maximum atomic E-state index is 12.5. The number of carbonyl (C=O) groups excluding carboxylic acids is 1. The number of hydrogen-bond donors (Lipinski definition) is 0. The predicted molar refractivity (Wildman–Crippen MR) is 157 cm³/mol. The van der Waals surface area contributed by atoms with E-state index < -0.39 is 5.60 Å². The smallest absolute Gasteiger partial charge is 0.338 e. The molecule has 6 rings (SSSR count). The van der Waals surface area contributed by atoms with E-state index >= 15 is 0 Å². The second-order valence-corrected chi connectivity index (χ2v) is 13.1. The first-order valence-corrected chi connectivity index (χ1v) is 15.1. The molecule has 2 bridgehead atoms. The normalized spacial score (nSPS) is 24.1. The van der Waals surface area contributed by atoms with Crippen LogP contribution in [-0.2, 0) is 16.1 Å². The summed E-state index contributed by atoms with van der Waals surface area (Å²) < 4.78 is 18.1. The van der Waals surface area contributed by atoms with Crippen LogP contribution in [0.1, 0.15) is 87.4 Å². The molecule has 40 heavy (non-hydrogen) atoms. The van der Waals surface area contributed by atoms with Gasteiger partial charge in [-0.2, -0.15) is 0 Å². The average molecular weight is 584 g/mol. The molecule has 1 aromatic heterocycles. The zero-order valence-electron chi connectivity index (χ0n) is 23.5. The largest absolute Gasteiger partial charge is 0.456 e. The second kappa shape index (κ2) is 10.7. The number of rotatable bonds is 8. The summed E-state index contributed by atoms with van der Waals surface area (Å²) in [6, 6.07) is 14.1. The minimum atomic E-state index is -0.515. The molecule has 2 aliphatic carbocycles. The Labute approximate surface area is 245 Å².